The number of anilines is 1. The van der Waals surface area contributed by atoms with Crippen molar-refractivity contribution >= 4 is 23.3 Å². The molecular formula is C15H14ClNO3. The molecule has 2 aromatic rings. The van der Waals surface area contributed by atoms with Crippen LogP contribution in [0.15, 0.2) is 42.5 Å². The summed E-state index contributed by atoms with van der Waals surface area (Å²) in [5.74, 6) is -0.315. The molecule has 0 heterocycles. The first kappa shape index (κ1) is 14.2. The lowest BCUT2D eigenvalue weighted by atomic mass is 10.1. The summed E-state index contributed by atoms with van der Waals surface area (Å²) in [6.07, 6.45) is 0. The van der Waals surface area contributed by atoms with Crippen molar-refractivity contribution in [3.05, 3.63) is 58.6 Å². The van der Waals surface area contributed by atoms with Crippen LogP contribution in [0.2, 0.25) is 5.02 Å². The van der Waals surface area contributed by atoms with E-state index in [-0.39, 0.29) is 5.56 Å². The molecule has 4 nitrogen and oxygen atoms in total. The van der Waals surface area contributed by atoms with Crippen molar-refractivity contribution in [2.45, 2.75) is 6.54 Å². The quantitative estimate of drug-likeness (QED) is 0.882. The van der Waals surface area contributed by atoms with Crippen LogP contribution in [-0.4, -0.2) is 18.2 Å². The molecule has 0 aliphatic heterocycles. The number of carbonyl (C=O) groups is 1. The summed E-state index contributed by atoms with van der Waals surface area (Å²) in [4.78, 5) is 10.8. The highest BCUT2D eigenvalue weighted by molar-refractivity contribution is 6.32. The van der Waals surface area contributed by atoms with Gasteiger partial charge in [0, 0.05) is 18.3 Å². The van der Waals surface area contributed by atoms with E-state index in [0.29, 0.717) is 17.3 Å². The number of nitrogens with one attached hydrogen (secondary N) is 1. The number of ether oxygens (including phenoxy) is 1. The summed E-state index contributed by atoms with van der Waals surface area (Å²) in [6, 6.07) is 12.2. The summed E-state index contributed by atoms with van der Waals surface area (Å²) in [5, 5.41) is 12.6. The molecule has 0 fully saturated rings. The first-order chi connectivity index (χ1) is 9.60. The Bertz CT molecular complexity index is 611. The first-order valence-corrected chi connectivity index (χ1v) is 6.37. The van der Waals surface area contributed by atoms with Gasteiger partial charge in [-0.05, 0) is 29.8 Å². The molecule has 20 heavy (non-hydrogen) atoms. The lowest BCUT2D eigenvalue weighted by molar-refractivity contribution is 0.0697. The van der Waals surface area contributed by atoms with Crippen molar-refractivity contribution in [2.24, 2.45) is 0 Å². The molecule has 0 amide bonds. The van der Waals surface area contributed by atoms with Crippen LogP contribution in [0.4, 0.5) is 5.69 Å². The van der Waals surface area contributed by atoms with Crippen molar-refractivity contribution in [3.8, 4) is 5.75 Å². The second-order valence-corrected chi connectivity index (χ2v) is 4.61. The molecule has 0 atom stereocenters. The first-order valence-electron chi connectivity index (χ1n) is 6.00. The minimum Gasteiger partial charge on any atom is -0.495 e. The van der Waals surface area contributed by atoms with Crippen molar-refractivity contribution in [1.82, 2.24) is 0 Å². The number of methoxy groups -OCH3 is 1. The number of halogens is 1. The summed E-state index contributed by atoms with van der Waals surface area (Å²) in [6.45, 7) is 0.588. The zero-order valence-corrected chi connectivity index (χ0v) is 11.6. The van der Waals surface area contributed by atoms with Gasteiger partial charge in [-0.3, -0.25) is 0 Å². The second-order valence-electron chi connectivity index (χ2n) is 4.20. The number of hydrogen-bond donors (Lipinski definition) is 2. The van der Waals surface area contributed by atoms with E-state index in [9.17, 15) is 4.79 Å². The molecular weight excluding hydrogens is 278 g/mol. The van der Waals surface area contributed by atoms with Gasteiger partial charge >= 0.3 is 5.97 Å². The zero-order chi connectivity index (χ0) is 14.5. The van der Waals surface area contributed by atoms with E-state index < -0.39 is 5.97 Å². The molecule has 0 radical (unpaired) electrons. The monoisotopic (exact) mass is 291 g/mol. The van der Waals surface area contributed by atoms with Gasteiger partial charge in [0.2, 0.25) is 0 Å². The van der Waals surface area contributed by atoms with Crippen LogP contribution in [0, 0.1) is 0 Å². The maximum absolute atomic E-state index is 10.8. The summed E-state index contributed by atoms with van der Waals surface area (Å²) in [7, 11) is 1.57. The van der Waals surface area contributed by atoms with E-state index in [1.807, 2.05) is 12.1 Å². The summed E-state index contributed by atoms with van der Waals surface area (Å²) in [5.41, 5.74) is 2.15. The van der Waals surface area contributed by atoms with E-state index in [0.717, 1.165) is 11.3 Å². The smallest absolute Gasteiger partial charge is 0.335 e. The van der Waals surface area contributed by atoms with E-state index in [2.05, 4.69) is 5.32 Å². The number of rotatable bonds is 5. The molecule has 0 aliphatic carbocycles. The van der Waals surface area contributed by atoms with Gasteiger partial charge in [0.1, 0.15) is 5.75 Å². The van der Waals surface area contributed by atoms with Crippen LogP contribution >= 0.6 is 11.6 Å². The Morgan fingerprint density at radius 1 is 1.25 bits per heavy atom. The lowest BCUT2D eigenvalue weighted by Gasteiger charge is -2.09. The Kier molecular flexibility index (Phi) is 4.48. The predicted molar refractivity (Wildman–Crippen MR) is 78.7 cm³/mol. The Hall–Kier alpha value is -2.20. The molecule has 2 rings (SSSR count). The van der Waals surface area contributed by atoms with E-state index in [4.69, 9.17) is 21.4 Å². The Labute approximate surface area is 122 Å². The van der Waals surface area contributed by atoms with Crippen LogP contribution in [0.3, 0.4) is 0 Å². The van der Waals surface area contributed by atoms with Gasteiger partial charge in [-0.25, -0.2) is 4.79 Å². The second kappa shape index (κ2) is 6.30. The maximum atomic E-state index is 10.8. The van der Waals surface area contributed by atoms with E-state index >= 15 is 0 Å². The van der Waals surface area contributed by atoms with Crippen LogP contribution in [0.25, 0.3) is 0 Å². The normalized spacial score (nSPS) is 10.1. The molecule has 0 saturated heterocycles. The molecule has 0 saturated carbocycles. The molecule has 2 N–H and O–H groups in total. The Balaban J connectivity index is 2.03. The van der Waals surface area contributed by atoms with Gasteiger partial charge < -0.3 is 15.2 Å². The van der Waals surface area contributed by atoms with Gasteiger partial charge in [0.25, 0.3) is 0 Å². The summed E-state index contributed by atoms with van der Waals surface area (Å²) >= 11 is 5.95. The van der Waals surface area contributed by atoms with Gasteiger partial charge in [0.15, 0.2) is 0 Å². The third kappa shape index (κ3) is 3.42. The molecule has 5 heteroatoms. The standard InChI is InChI=1S/C15H14ClNO3/c1-20-14-8-12(6-7-13(14)16)17-9-10-2-4-11(5-3-10)15(18)19/h2-8,17H,9H2,1H3,(H,18,19). The van der Waals surface area contributed by atoms with Crippen LogP contribution in [0.5, 0.6) is 5.75 Å². The van der Waals surface area contributed by atoms with Gasteiger partial charge in [-0.1, -0.05) is 23.7 Å². The van der Waals surface area contributed by atoms with Crippen molar-refractivity contribution in [3.63, 3.8) is 0 Å². The molecule has 104 valence electrons. The number of carboxylic acids is 1. The van der Waals surface area contributed by atoms with E-state index in [1.54, 1.807) is 37.4 Å². The minimum absolute atomic E-state index is 0.280. The van der Waals surface area contributed by atoms with Crippen molar-refractivity contribution < 1.29 is 14.6 Å². The van der Waals surface area contributed by atoms with Crippen molar-refractivity contribution in [2.75, 3.05) is 12.4 Å². The topological polar surface area (TPSA) is 58.6 Å². The van der Waals surface area contributed by atoms with Gasteiger partial charge in [-0.15, -0.1) is 0 Å². The largest absolute Gasteiger partial charge is 0.495 e. The number of aromatic carboxylic acids is 1. The Morgan fingerprint density at radius 2 is 1.95 bits per heavy atom. The zero-order valence-electron chi connectivity index (χ0n) is 10.9. The minimum atomic E-state index is -0.924. The van der Waals surface area contributed by atoms with Gasteiger partial charge in [-0.2, -0.15) is 0 Å². The highest BCUT2D eigenvalue weighted by Gasteiger charge is 2.03. The molecule has 0 spiro atoms. The van der Waals surface area contributed by atoms with E-state index in [1.165, 1.54) is 0 Å². The Morgan fingerprint density at radius 3 is 2.55 bits per heavy atom. The molecule has 0 aromatic heterocycles. The molecule has 2 aromatic carbocycles. The van der Waals surface area contributed by atoms with Crippen LogP contribution in [-0.2, 0) is 6.54 Å². The number of hydrogen-bond acceptors (Lipinski definition) is 3. The predicted octanol–water partition coefficient (Wildman–Crippen LogP) is 3.66. The SMILES string of the molecule is COc1cc(NCc2ccc(C(=O)O)cc2)ccc1Cl. The maximum Gasteiger partial charge on any atom is 0.335 e. The average Bonchev–Trinajstić information content (AvgIpc) is 2.46. The lowest BCUT2D eigenvalue weighted by Crippen LogP contribution is -2.01. The average molecular weight is 292 g/mol. The molecule has 0 bridgehead atoms. The summed E-state index contributed by atoms with van der Waals surface area (Å²) < 4.78 is 5.14. The fourth-order valence-corrected chi connectivity index (χ4v) is 1.93. The number of benzene rings is 2. The third-order valence-electron chi connectivity index (χ3n) is 2.85. The molecule has 0 aliphatic rings. The fraction of sp³-hybridized carbons (Fsp3) is 0.133. The number of carboxylic acid groups (broad SMARTS) is 1. The fourth-order valence-electron chi connectivity index (χ4n) is 1.74. The van der Waals surface area contributed by atoms with Gasteiger partial charge in [0.05, 0.1) is 17.7 Å². The molecule has 0 unspecified atom stereocenters. The van der Waals surface area contributed by atoms with Crippen LogP contribution < -0.4 is 10.1 Å². The highest BCUT2D eigenvalue weighted by Crippen LogP contribution is 2.27. The van der Waals surface area contributed by atoms with Crippen LogP contribution in [0.1, 0.15) is 15.9 Å². The highest BCUT2D eigenvalue weighted by atomic mass is 35.5. The van der Waals surface area contributed by atoms with Crippen molar-refractivity contribution in [1.29, 1.82) is 0 Å². The third-order valence-corrected chi connectivity index (χ3v) is 3.16.